The molecule has 0 saturated heterocycles. The van der Waals surface area contributed by atoms with E-state index in [4.69, 9.17) is 10.5 Å². The van der Waals surface area contributed by atoms with Crippen LogP contribution in [0.15, 0.2) is 59.5 Å². The van der Waals surface area contributed by atoms with Crippen molar-refractivity contribution in [1.82, 2.24) is 0 Å². The molecule has 1 aromatic heterocycles. The maximum absolute atomic E-state index is 13.0. The highest BCUT2D eigenvalue weighted by Gasteiger charge is 2.28. The van der Waals surface area contributed by atoms with Gasteiger partial charge in [-0.1, -0.05) is 31.2 Å². The van der Waals surface area contributed by atoms with Crippen LogP contribution in [-0.4, -0.2) is 39.9 Å². The van der Waals surface area contributed by atoms with E-state index in [9.17, 15) is 22.8 Å². The Morgan fingerprint density at radius 3 is 2.57 bits per heavy atom. The molecule has 1 aliphatic carbocycles. The second-order valence-electron chi connectivity index (χ2n) is 8.88. The highest BCUT2D eigenvalue weighted by atomic mass is 32.2. The lowest BCUT2D eigenvalue weighted by Gasteiger charge is -2.19. The number of nitrogens with two attached hydrogens (primary N) is 1. The number of para-hydroxylation sites is 1. The largest absolute Gasteiger partial charge is 0.452 e. The van der Waals surface area contributed by atoms with Gasteiger partial charge in [-0.15, -0.1) is 11.3 Å². The number of esters is 1. The molecule has 0 radical (unpaired) electrons. The smallest absolute Gasteiger partial charge is 0.338 e. The Labute approximate surface area is 219 Å². The quantitative estimate of drug-likeness (QED) is 0.418. The number of benzene rings is 2. The van der Waals surface area contributed by atoms with E-state index in [1.807, 2.05) is 0 Å². The second-order valence-corrected chi connectivity index (χ2v) is 12.0. The number of carbonyl (C=O) groups excluding carboxylic acids is 3. The average molecular weight is 542 g/mol. The van der Waals surface area contributed by atoms with Gasteiger partial charge in [-0.05, 0) is 61.1 Å². The Balaban J connectivity index is 1.43. The molecule has 0 fully saturated rings. The topological polar surface area (TPSA) is 136 Å². The van der Waals surface area contributed by atoms with Crippen molar-refractivity contribution in [1.29, 1.82) is 0 Å². The van der Waals surface area contributed by atoms with E-state index < -0.39 is 34.4 Å². The lowest BCUT2D eigenvalue weighted by atomic mass is 9.88. The number of thiophene rings is 1. The number of ether oxygens (including phenoxy) is 1. The van der Waals surface area contributed by atoms with Gasteiger partial charge >= 0.3 is 5.97 Å². The summed E-state index contributed by atoms with van der Waals surface area (Å²) in [7, 11) is -2.51. The molecular formula is C26H27N3O6S2. The second kappa shape index (κ2) is 10.7. The van der Waals surface area contributed by atoms with E-state index in [0.29, 0.717) is 22.2 Å². The molecule has 1 aliphatic rings. The van der Waals surface area contributed by atoms with Crippen LogP contribution in [0.3, 0.4) is 0 Å². The van der Waals surface area contributed by atoms with Gasteiger partial charge in [-0.3, -0.25) is 13.9 Å². The van der Waals surface area contributed by atoms with Crippen molar-refractivity contribution in [3.8, 4) is 0 Å². The maximum atomic E-state index is 13.0. The fourth-order valence-electron chi connectivity index (χ4n) is 4.19. The van der Waals surface area contributed by atoms with Crippen LogP contribution in [0.1, 0.15) is 44.5 Å². The zero-order valence-corrected chi connectivity index (χ0v) is 22.0. The minimum atomic E-state index is -3.93. The van der Waals surface area contributed by atoms with Crippen molar-refractivity contribution in [3.05, 3.63) is 76.2 Å². The number of primary amides is 1. The third-order valence-corrected chi connectivity index (χ3v) is 9.14. The number of rotatable bonds is 8. The number of nitrogens with zero attached hydrogens (tertiary/aromatic N) is 1. The average Bonchev–Trinajstić information content (AvgIpc) is 3.24. The van der Waals surface area contributed by atoms with Gasteiger partial charge in [0.25, 0.3) is 21.8 Å². The molecule has 11 heteroatoms. The predicted molar refractivity (Wildman–Crippen MR) is 141 cm³/mol. The Hall–Kier alpha value is -3.70. The van der Waals surface area contributed by atoms with Gasteiger partial charge in [-0.2, -0.15) is 0 Å². The third kappa shape index (κ3) is 5.67. The molecule has 4 rings (SSSR count). The number of fused-ring (bicyclic) bond motifs is 1. The van der Waals surface area contributed by atoms with Gasteiger partial charge < -0.3 is 15.8 Å². The van der Waals surface area contributed by atoms with E-state index >= 15 is 0 Å². The number of hydrogen-bond acceptors (Lipinski definition) is 7. The minimum Gasteiger partial charge on any atom is -0.452 e. The third-order valence-electron chi connectivity index (χ3n) is 6.19. The van der Waals surface area contributed by atoms with Gasteiger partial charge in [0.05, 0.1) is 21.7 Å². The number of hydrogen-bond donors (Lipinski definition) is 2. The summed E-state index contributed by atoms with van der Waals surface area (Å²) < 4.78 is 32.3. The van der Waals surface area contributed by atoms with Crippen molar-refractivity contribution in [3.63, 3.8) is 0 Å². The first-order chi connectivity index (χ1) is 17.6. The molecule has 0 spiro atoms. The van der Waals surface area contributed by atoms with Crippen molar-refractivity contribution < 1.29 is 27.5 Å². The van der Waals surface area contributed by atoms with Crippen LogP contribution >= 0.6 is 11.3 Å². The Bertz CT molecular complexity index is 1450. The van der Waals surface area contributed by atoms with E-state index in [0.717, 1.165) is 34.0 Å². The van der Waals surface area contributed by atoms with Crippen LogP contribution in [0, 0.1) is 5.92 Å². The minimum absolute atomic E-state index is 0.0197. The molecule has 0 unspecified atom stereocenters. The molecule has 1 atom stereocenters. The first-order valence-corrected chi connectivity index (χ1v) is 13.9. The van der Waals surface area contributed by atoms with Crippen LogP contribution in [0.5, 0.6) is 0 Å². The Morgan fingerprint density at radius 1 is 1.14 bits per heavy atom. The summed E-state index contributed by atoms with van der Waals surface area (Å²) in [6, 6.07) is 13.9. The van der Waals surface area contributed by atoms with E-state index in [1.54, 1.807) is 30.3 Å². The van der Waals surface area contributed by atoms with Crippen LogP contribution in [-0.2, 0) is 32.4 Å². The summed E-state index contributed by atoms with van der Waals surface area (Å²) in [6.45, 7) is 1.52. The van der Waals surface area contributed by atoms with Gasteiger partial charge in [0.1, 0.15) is 5.00 Å². The van der Waals surface area contributed by atoms with Crippen molar-refractivity contribution in [2.75, 3.05) is 23.3 Å². The molecule has 194 valence electrons. The fraction of sp³-hybridized carbons (Fsp3) is 0.269. The highest BCUT2D eigenvalue weighted by molar-refractivity contribution is 7.92. The molecule has 37 heavy (non-hydrogen) atoms. The molecule has 1 heterocycles. The van der Waals surface area contributed by atoms with Crippen molar-refractivity contribution in [2.45, 2.75) is 31.1 Å². The zero-order chi connectivity index (χ0) is 26.7. The first kappa shape index (κ1) is 26.4. The van der Waals surface area contributed by atoms with Crippen molar-refractivity contribution in [2.24, 2.45) is 11.7 Å². The SMILES string of the molecule is C[C@@H]1CCc2c(sc(NC(=O)COC(=O)c3cccc(S(=O)(=O)N(C)c4ccccc4)c3)c2C(N)=O)C1. The summed E-state index contributed by atoms with van der Waals surface area (Å²) in [4.78, 5) is 38.1. The van der Waals surface area contributed by atoms with Crippen LogP contribution < -0.4 is 15.4 Å². The normalized spacial score (nSPS) is 14.9. The van der Waals surface area contributed by atoms with Gasteiger partial charge in [0.2, 0.25) is 0 Å². The summed E-state index contributed by atoms with van der Waals surface area (Å²) in [5.74, 6) is -1.62. The summed E-state index contributed by atoms with van der Waals surface area (Å²) in [5.41, 5.74) is 7.21. The molecule has 3 N–H and O–H groups in total. The van der Waals surface area contributed by atoms with Crippen LogP contribution in [0.2, 0.25) is 0 Å². The molecule has 0 saturated carbocycles. The standard InChI is InChI=1S/C26H27N3O6S2/c1-16-11-12-20-21(13-16)36-25(23(20)24(27)31)28-22(30)15-35-26(32)17-7-6-10-19(14-17)37(33,34)29(2)18-8-4-3-5-9-18/h3-10,14,16H,11-13,15H2,1-2H3,(H2,27,31)(H,28,30)/t16-/m1/s1. The van der Waals surface area contributed by atoms with Crippen molar-refractivity contribution >= 4 is 49.8 Å². The van der Waals surface area contributed by atoms with Crippen LogP contribution in [0.4, 0.5) is 10.7 Å². The number of sulfonamides is 1. The summed E-state index contributed by atoms with van der Waals surface area (Å²) in [5, 5.41) is 2.99. The monoisotopic (exact) mass is 541 g/mol. The molecule has 2 aromatic carbocycles. The zero-order valence-electron chi connectivity index (χ0n) is 20.4. The van der Waals surface area contributed by atoms with E-state index in [-0.39, 0.29) is 10.5 Å². The number of amides is 2. The van der Waals surface area contributed by atoms with Crippen LogP contribution in [0.25, 0.3) is 0 Å². The summed E-state index contributed by atoms with van der Waals surface area (Å²) >= 11 is 1.31. The molecular weight excluding hydrogens is 514 g/mol. The van der Waals surface area contributed by atoms with E-state index in [2.05, 4.69) is 12.2 Å². The molecule has 0 bridgehead atoms. The Kier molecular flexibility index (Phi) is 7.65. The number of anilines is 2. The molecule has 0 aliphatic heterocycles. The highest BCUT2D eigenvalue weighted by Crippen LogP contribution is 2.39. The predicted octanol–water partition coefficient (Wildman–Crippen LogP) is 3.59. The lowest BCUT2D eigenvalue weighted by molar-refractivity contribution is -0.119. The van der Waals surface area contributed by atoms with Gasteiger partial charge in [0.15, 0.2) is 6.61 Å². The summed E-state index contributed by atoms with van der Waals surface area (Å²) in [6.07, 6.45) is 2.46. The Morgan fingerprint density at radius 2 is 1.86 bits per heavy atom. The van der Waals surface area contributed by atoms with E-state index in [1.165, 1.54) is 42.6 Å². The number of nitrogens with one attached hydrogen (secondary N) is 1. The number of carbonyl (C=O) groups is 3. The maximum Gasteiger partial charge on any atom is 0.338 e. The van der Waals surface area contributed by atoms with Gasteiger partial charge in [0, 0.05) is 11.9 Å². The lowest BCUT2D eigenvalue weighted by Crippen LogP contribution is -2.27. The fourth-order valence-corrected chi connectivity index (χ4v) is 6.87. The van der Waals surface area contributed by atoms with Gasteiger partial charge in [-0.25, -0.2) is 13.2 Å². The molecule has 9 nitrogen and oxygen atoms in total. The first-order valence-electron chi connectivity index (χ1n) is 11.6. The molecule has 3 aromatic rings. The molecule has 2 amide bonds.